The topological polar surface area (TPSA) is 80.3 Å². The van der Waals surface area contributed by atoms with E-state index in [0.29, 0.717) is 6.42 Å². The Balaban J connectivity index is 3.04. The number of aldehydes is 1. The second-order valence-corrected chi connectivity index (χ2v) is 4.76. The van der Waals surface area contributed by atoms with Gasteiger partial charge in [0.2, 0.25) is 11.6 Å². The average molecular weight is 290 g/mol. The fourth-order valence-electron chi connectivity index (χ4n) is 2.11. The maximum Gasteiger partial charge on any atom is 0.337 e. The molecule has 1 fully saturated rings. The van der Waals surface area contributed by atoms with Gasteiger partial charge in [0, 0.05) is 20.6 Å². The minimum Gasteiger partial charge on any atom is -0.467 e. The van der Waals surface area contributed by atoms with Crippen LogP contribution < -0.4 is 0 Å². The molecule has 0 saturated carbocycles. The maximum absolute atomic E-state index is 11.8. The molecule has 7 heteroatoms. The summed E-state index contributed by atoms with van der Waals surface area (Å²) in [6, 6.07) is 0. The lowest BCUT2D eigenvalue weighted by molar-refractivity contribution is -0.443. The second kappa shape index (κ2) is 6.62. The molecule has 1 saturated heterocycles. The van der Waals surface area contributed by atoms with Crippen molar-refractivity contribution in [3.05, 3.63) is 0 Å². The van der Waals surface area contributed by atoms with Crippen molar-refractivity contribution in [2.24, 2.45) is 0 Å². The van der Waals surface area contributed by atoms with Crippen molar-refractivity contribution >= 4 is 12.3 Å². The zero-order valence-electron chi connectivity index (χ0n) is 12.5. The van der Waals surface area contributed by atoms with Crippen molar-refractivity contribution in [1.82, 2.24) is 0 Å². The Hall–Kier alpha value is -1.02. The summed E-state index contributed by atoms with van der Waals surface area (Å²) in [4.78, 5) is 22.4. The smallest absolute Gasteiger partial charge is 0.337 e. The second-order valence-electron chi connectivity index (χ2n) is 4.76. The summed E-state index contributed by atoms with van der Waals surface area (Å²) in [5, 5.41) is 0. The van der Waals surface area contributed by atoms with Gasteiger partial charge in [0.05, 0.1) is 13.2 Å². The van der Waals surface area contributed by atoms with Crippen LogP contribution in [-0.2, 0) is 33.3 Å². The normalized spacial score (nSPS) is 37.5. The van der Waals surface area contributed by atoms with Gasteiger partial charge in [-0.15, -0.1) is 0 Å². The standard InChI is InChI=1S/C13H22O7/c1-12(17-4)13(2,18-5)20-10(11(15)16-3)9(19-12)7-6-8-14/h8-10H,6-7H2,1-5H3/t9-,10+,12+,13+/m0/s1. The van der Waals surface area contributed by atoms with Gasteiger partial charge < -0.3 is 28.5 Å². The van der Waals surface area contributed by atoms with Gasteiger partial charge in [-0.25, -0.2) is 4.79 Å². The number of hydrogen-bond donors (Lipinski definition) is 0. The molecule has 0 N–H and O–H groups in total. The Kier molecular flexibility index (Phi) is 5.64. The summed E-state index contributed by atoms with van der Waals surface area (Å²) in [5.41, 5.74) is 0. The van der Waals surface area contributed by atoms with Crippen molar-refractivity contribution in [2.75, 3.05) is 21.3 Å². The SMILES string of the molecule is COC(=O)[C@@H]1O[C@@](C)(OC)[C@](C)(OC)O[C@H]1CCC=O. The fraction of sp³-hybridized carbons (Fsp3) is 0.846. The zero-order chi connectivity index (χ0) is 15.4. The highest BCUT2D eigenvalue weighted by Crippen LogP contribution is 2.40. The molecular weight excluding hydrogens is 268 g/mol. The molecule has 0 radical (unpaired) electrons. The Morgan fingerprint density at radius 1 is 1.15 bits per heavy atom. The first-order valence-corrected chi connectivity index (χ1v) is 6.35. The Morgan fingerprint density at radius 3 is 2.15 bits per heavy atom. The molecular formula is C13H22O7. The average Bonchev–Trinajstić information content (AvgIpc) is 2.47. The van der Waals surface area contributed by atoms with Crippen LogP contribution in [0.5, 0.6) is 0 Å². The number of ether oxygens (including phenoxy) is 5. The first kappa shape index (κ1) is 17.0. The van der Waals surface area contributed by atoms with E-state index in [1.807, 2.05) is 0 Å². The van der Waals surface area contributed by atoms with Crippen LogP contribution in [0.15, 0.2) is 0 Å². The molecule has 4 atom stereocenters. The number of esters is 1. The van der Waals surface area contributed by atoms with Gasteiger partial charge in [0.1, 0.15) is 6.29 Å². The number of methoxy groups -OCH3 is 3. The molecule has 0 aliphatic carbocycles. The molecule has 0 aromatic carbocycles. The molecule has 0 spiro atoms. The number of carbonyl (C=O) groups is 2. The highest BCUT2D eigenvalue weighted by atomic mass is 16.8. The highest BCUT2D eigenvalue weighted by Gasteiger charge is 2.58. The monoisotopic (exact) mass is 290 g/mol. The highest BCUT2D eigenvalue weighted by molar-refractivity contribution is 5.75. The van der Waals surface area contributed by atoms with Gasteiger partial charge in [-0.2, -0.15) is 0 Å². The predicted octanol–water partition coefficient (Wildman–Crippen LogP) is 0.648. The number of carbonyl (C=O) groups excluding carboxylic acids is 2. The predicted molar refractivity (Wildman–Crippen MR) is 67.9 cm³/mol. The van der Waals surface area contributed by atoms with Gasteiger partial charge in [-0.3, -0.25) is 0 Å². The molecule has 116 valence electrons. The Bertz CT molecular complexity index is 359. The third-order valence-corrected chi connectivity index (χ3v) is 3.67. The van der Waals surface area contributed by atoms with Crippen molar-refractivity contribution in [3.63, 3.8) is 0 Å². The van der Waals surface area contributed by atoms with Crippen LogP contribution in [0.2, 0.25) is 0 Å². The van der Waals surface area contributed by atoms with Gasteiger partial charge >= 0.3 is 5.97 Å². The quantitative estimate of drug-likeness (QED) is 0.524. The number of hydrogen-bond acceptors (Lipinski definition) is 7. The summed E-state index contributed by atoms with van der Waals surface area (Å²) >= 11 is 0. The summed E-state index contributed by atoms with van der Waals surface area (Å²) in [5.74, 6) is -3.07. The van der Waals surface area contributed by atoms with E-state index >= 15 is 0 Å². The third-order valence-electron chi connectivity index (χ3n) is 3.67. The Morgan fingerprint density at radius 2 is 1.70 bits per heavy atom. The molecule has 0 aromatic rings. The van der Waals surface area contributed by atoms with Crippen molar-refractivity contribution in [3.8, 4) is 0 Å². The lowest BCUT2D eigenvalue weighted by atomic mass is 10.0. The van der Waals surface area contributed by atoms with Gasteiger partial charge in [-0.1, -0.05) is 0 Å². The first-order chi connectivity index (χ1) is 9.37. The summed E-state index contributed by atoms with van der Waals surface area (Å²) in [7, 11) is 4.15. The minimum absolute atomic E-state index is 0.241. The number of rotatable bonds is 6. The van der Waals surface area contributed by atoms with Crippen LogP contribution in [-0.4, -0.2) is 57.4 Å². The van der Waals surface area contributed by atoms with E-state index in [9.17, 15) is 9.59 Å². The van der Waals surface area contributed by atoms with E-state index in [4.69, 9.17) is 23.7 Å². The van der Waals surface area contributed by atoms with E-state index in [1.165, 1.54) is 21.3 Å². The summed E-state index contributed by atoms with van der Waals surface area (Å²) in [6.07, 6.45) is -0.312. The van der Waals surface area contributed by atoms with Crippen LogP contribution in [0.1, 0.15) is 26.7 Å². The van der Waals surface area contributed by atoms with Crippen molar-refractivity contribution in [1.29, 1.82) is 0 Å². The lowest BCUT2D eigenvalue weighted by Gasteiger charge is -2.51. The fourth-order valence-corrected chi connectivity index (χ4v) is 2.11. The summed E-state index contributed by atoms with van der Waals surface area (Å²) < 4.78 is 26.9. The lowest BCUT2D eigenvalue weighted by Crippen LogP contribution is -2.66. The molecule has 7 nitrogen and oxygen atoms in total. The molecule has 0 aromatic heterocycles. The van der Waals surface area contributed by atoms with Gasteiger partial charge in [-0.05, 0) is 20.3 Å². The van der Waals surface area contributed by atoms with Gasteiger partial charge in [0.25, 0.3) is 0 Å². The third kappa shape index (κ3) is 3.01. The molecule has 20 heavy (non-hydrogen) atoms. The van der Waals surface area contributed by atoms with E-state index in [-0.39, 0.29) is 6.42 Å². The molecule has 1 rings (SSSR count). The summed E-state index contributed by atoms with van der Waals surface area (Å²) in [6.45, 7) is 3.26. The van der Waals surface area contributed by atoms with E-state index in [2.05, 4.69) is 0 Å². The largest absolute Gasteiger partial charge is 0.467 e. The van der Waals surface area contributed by atoms with Crippen LogP contribution in [0.3, 0.4) is 0 Å². The van der Waals surface area contributed by atoms with E-state index in [1.54, 1.807) is 13.8 Å². The van der Waals surface area contributed by atoms with E-state index in [0.717, 1.165) is 6.29 Å². The first-order valence-electron chi connectivity index (χ1n) is 6.35. The maximum atomic E-state index is 11.8. The molecule has 0 amide bonds. The molecule has 0 bridgehead atoms. The van der Waals surface area contributed by atoms with Crippen LogP contribution in [0.4, 0.5) is 0 Å². The van der Waals surface area contributed by atoms with E-state index < -0.39 is 29.8 Å². The van der Waals surface area contributed by atoms with Crippen LogP contribution >= 0.6 is 0 Å². The molecule has 1 heterocycles. The molecule has 1 aliphatic heterocycles. The van der Waals surface area contributed by atoms with Crippen LogP contribution in [0, 0.1) is 0 Å². The van der Waals surface area contributed by atoms with Crippen molar-refractivity contribution in [2.45, 2.75) is 50.5 Å². The van der Waals surface area contributed by atoms with Crippen molar-refractivity contribution < 1.29 is 33.3 Å². The van der Waals surface area contributed by atoms with Crippen LogP contribution in [0.25, 0.3) is 0 Å². The molecule has 0 unspecified atom stereocenters. The van der Waals surface area contributed by atoms with Gasteiger partial charge in [0.15, 0.2) is 6.10 Å². The molecule has 1 aliphatic rings. The minimum atomic E-state index is -1.28. The Labute approximate surface area is 118 Å². The zero-order valence-corrected chi connectivity index (χ0v) is 12.5.